The zero-order chi connectivity index (χ0) is 99.6. The number of anilines is 8. The number of nitrogens with zero attached hydrogens (tertiary/aromatic N) is 20. The van der Waals surface area contributed by atoms with Crippen molar-refractivity contribution in [3.8, 4) is 91.0 Å². The van der Waals surface area contributed by atoms with Crippen LogP contribution in [-0.4, -0.2) is 215 Å². The predicted molar refractivity (Wildman–Crippen MR) is 503 cm³/mol. The number of aromatic hydroxyl groups is 2. The number of phenolic OH excluding ortho intramolecular Hbond substituents is 2. The summed E-state index contributed by atoms with van der Waals surface area (Å²) in [5, 5.41) is 45.4. The molecule has 0 aliphatic heterocycles. The van der Waals surface area contributed by atoms with Gasteiger partial charge < -0.3 is 79.9 Å². The number of nitrogens with two attached hydrogens (primary N) is 1. The monoisotopic (exact) mass is 1830 g/mol. The third-order valence-electron chi connectivity index (χ3n) is 20.7. The summed E-state index contributed by atoms with van der Waals surface area (Å²) in [6.07, 6.45) is 12.7. The fourth-order valence-corrected chi connectivity index (χ4v) is 14.4. The van der Waals surface area contributed by atoms with Gasteiger partial charge in [0.05, 0.1) is 180 Å². The fraction of sp³-hybridized carbons (Fsp3) is 0.284. The fourth-order valence-electron chi connectivity index (χ4n) is 14.4. The lowest BCUT2D eigenvalue weighted by Crippen LogP contribution is -2.40. The van der Waals surface area contributed by atoms with E-state index in [4.69, 9.17) is 57.3 Å². The van der Waals surface area contributed by atoms with Crippen LogP contribution >= 0.6 is 0 Å². The van der Waals surface area contributed by atoms with E-state index in [0.29, 0.717) is 93.5 Å². The Labute approximate surface area is 772 Å². The van der Waals surface area contributed by atoms with Crippen molar-refractivity contribution in [2.45, 2.75) is 51.6 Å². The van der Waals surface area contributed by atoms with Crippen LogP contribution in [0.4, 0.5) is 71.8 Å². The Morgan fingerprint density at radius 1 is 0.383 bits per heavy atom. The molecule has 0 saturated carbocycles. The largest absolute Gasteiger partial charge is 0.508 e. The van der Waals surface area contributed by atoms with E-state index in [-0.39, 0.29) is 60.8 Å². The van der Waals surface area contributed by atoms with Crippen LogP contribution in [0.3, 0.4) is 0 Å². The molecule has 7 N–H and O–H groups in total. The van der Waals surface area contributed by atoms with Gasteiger partial charge in [0.2, 0.25) is 0 Å². The first-order valence-corrected chi connectivity index (χ1v) is 41.9. The third kappa shape index (κ3) is 25.6. The Kier molecular flexibility index (Phi) is 28.6. The maximum Gasteiger partial charge on any atom is 0.401 e. The average molecular weight is 1830 g/mol. The number of alkyl halides is 6. The minimum absolute atomic E-state index is 0.0125. The lowest BCUT2D eigenvalue weighted by Gasteiger charge is -2.32. The van der Waals surface area contributed by atoms with Gasteiger partial charge in [-0.25, -0.2) is 19.9 Å². The molecule has 16 rings (SSSR count). The van der Waals surface area contributed by atoms with Gasteiger partial charge in [0.1, 0.15) is 46.0 Å². The quantitative estimate of drug-likeness (QED) is 0.0164. The molecule has 8 aromatic heterocycles. The first-order chi connectivity index (χ1) is 66.2. The number of ether oxygens (including phenoxy) is 6. The number of aryl methyl sites for hydroxylation is 4. The number of nitrogens with one attached hydrogen (secondary N) is 3. The second-order valence-corrected chi connectivity index (χ2v) is 31.0. The summed E-state index contributed by atoms with van der Waals surface area (Å²) < 4.78 is 159. The molecule has 0 aliphatic carbocycles. The zero-order valence-electron chi connectivity index (χ0n) is 80.6. The molecule has 1 atom stereocenters. The van der Waals surface area contributed by atoms with Crippen LogP contribution in [0.2, 0.25) is 0 Å². The summed E-state index contributed by atoms with van der Waals surface area (Å²) in [4.78, 5) is 44.9. The lowest BCUT2D eigenvalue weighted by atomic mass is 10.1. The average Bonchev–Trinajstić information content (AvgIpc) is 1.78. The second-order valence-electron chi connectivity index (χ2n) is 31.0. The Morgan fingerprint density at radius 2 is 0.714 bits per heavy atom. The SMILES string of the molecule is COc1cc(O)cc(N(CCN)c2ccc3ncc(-c4cnn(C)c4)nc3c2)c1.COc1cc(O)cc(N(CCNC(C)C)c2ccc3ncc(-c4cnn(C)c4)nc3c2)c1.COc1cc(OC)cc(N(c2ccc3ncc(-c4cnn(C)c4)nc3c2)C(C)CNCC(F)(F)F)c1.[2H]C([2H])([2H])Oc1cc(OC([2H])([2H])[2H])cc(N(CCCNCC(F)(F)F)c2ccc3ncc(-c4cnn(C)c4)nc3c2)c1. The van der Waals surface area contributed by atoms with Crippen LogP contribution in [-0.2, 0) is 28.2 Å². The molecule has 0 spiro atoms. The summed E-state index contributed by atoms with van der Waals surface area (Å²) in [5.74, 6) is 2.19. The summed E-state index contributed by atoms with van der Waals surface area (Å²) in [5.41, 5.74) is 23.3. The molecule has 0 aliphatic rings. The highest BCUT2D eigenvalue weighted by molar-refractivity contribution is 5.87. The summed E-state index contributed by atoms with van der Waals surface area (Å²) >= 11 is 0. The highest BCUT2D eigenvalue weighted by Crippen LogP contribution is 2.41. The van der Waals surface area contributed by atoms with Crippen molar-refractivity contribution in [1.82, 2.24) is 94.9 Å². The predicted octanol–water partition coefficient (Wildman–Crippen LogP) is 16.2. The van der Waals surface area contributed by atoms with E-state index in [2.05, 4.69) is 80.0 Å². The van der Waals surface area contributed by atoms with E-state index in [9.17, 15) is 36.6 Å². The van der Waals surface area contributed by atoms with Crippen molar-refractivity contribution in [1.29, 1.82) is 0 Å². The molecule has 16 aromatic rings. The van der Waals surface area contributed by atoms with Gasteiger partial charge in [-0.2, -0.15) is 46.7 Å². The molecular weight excluding hydrogens is 1720 g/mol. The Morgan fingerprint density at radius 3 is 1.06 bits per heavy atom. The number of hydrogen-bond donors (Lipinski definition) is 6. The number of halogens is 6. The number of phenols is 2. The number of rotatable bonds is 33. The zero-order valence-corrected chi connectivity index (χ0v) is 74.6. The summed E-state index contributed by atoms with van der Waals surface area (Å²) in [6.45, 7) is 6.57. The van der Waals surface area contributed by atoms with Crippen molar-refractivity contribution >= 4 is 89.6 Å². The van der Waals surface area contributed by atoms with E-state index in [0.717, 1.165) is 96.8 Å². The summed E-state index contributed by atoms with van der Waals surface area (Å²) in [6, 6.07) is 42.2. The highest BCUT2D eigenvalue weighted by atomic mass is 19.4. The van der Waals surface area contributed by atoms with Crippen LogP contribution in [0.15, 0.2) is 220 Å². The van der Waals surface area contributed by atoms with E-state index in [1.54, 1.807) is 163 Å². The standard InChI is InChI=1S/2C25H27F3N6O2.C24H28N6O2.C21H22N6O2/c1-16(11-29-15-25(26,27)28)34(19-7-20(35-3)10-21(8-19)36-4)18-5-6-22-23(9-18)32-24(13-30-22)17-12-31-33(2)14-17;1-33-15-17(13-31-33)24-14-30-22-6-5-18(11-23(22)32-24)34(8-4-7-29-16-25(26,27)28)19-9-20(35-2)12-21(10-19)36-3;1-16(2)25-7-8-30(19-9-20(31)12-21(10-19)32-4)18-5-6-22-23(11-18)28-24(14-26-22)17-13-27-29(3)15-17;1-26-13-14(11-24-26)21-12-23-19-4-3-15(9-20(19)25-21)27(6-5-22)16-7-17(28)10-18(8-16)29-2/h5-10,12-14,16,29H,11,15H2,1-4H3;5-6,9-15,29H,4,7-8,16H2,1-3H3;5-6,9-16,25,31H,7-8H2,1-4H3;3-4,7-13,28H,5-6,22H2,1-2H3/i;2D3,3D3;;. The van der Waals surface area contributed by atoms with Crippen molar-refractivity contribution in [2.24, 2.45) is 33.9 Å². The van der Waals surface area contributed by atoms with E-state index in [1.807, 2.05) is 135 Å². The van der Waals surface area contributed by atoms with E-state index in [1.165, 1.54) is 12.1 Å². The van der Waals surface area contributed by atoms with Gasteiger partial charge in [0.15, 0.2) is 0 Å². The van der Waals surface area contributed by atoms with Crippen LogP contribution < -0.4 is 69.7 Å². The van der Waals surface area contributed by atoms with E-state index >= 15 is 0 Å². The smallest absolute Gasteiger partial charge is 0.401 e. The van der Waals surface area contributed by atoms with Crippen LogP contribution in [0, 0.1) is 0 Å². The Hall–Kier alpha value is -15.0. The molecule has 694 valence electrons. The number of benzene rings is 8. The normalized spacial score (nSPS) is 12.5. The molecule has 0 fully saturated rings. The second kappa shape index (κ2) is 43.6. The molecule has 1 unspecified atom stereocenters. The minimum atomic E-state index is -4.37. The first kappa shape index (κ1) is 87.3. The molecule has 8 aromatic carbocycles. The van der Waals surface area contributed by atoms with Gasteiger partial charge in [-0.15, -0.1) is 0 Å². The molecular formula is C95H104F6N24O8. The van der Waals surface area contributed by atoms with Gasteiger partial charge in [0.25, 0.3) is 0 Å². The third-order valence-corrected chi connectivity index (χ3v) is 20.7. The van der Waals surface area contributed by atoms with Crippen molar-refractivity contribution in [3.63, 3.8) is 0 Å². The summed E-state index contributed by atoms with van der Waals surface area (Å²) in [7, 11) is 7.90. The molecule has 0 radical (unpaired) electrons. The van der Waals surface area contributed by atoms with E-state index < -0.39 is 39.5 Å². The van der Waals surface area contributed by atoms with Gasteiger partial charge in [-0.3, -0.25) is 38.7 Å². The number of hydrogen-bond acceptors (Lipinski definition) is 28. The maximum atomic E-state index is 12.8. The van der Waals surface area contributed by atoms with Crippen LogP contribution in [0.1, 0.15) is 35.4 Å². The topological polar surface area (TPSA) is 345 Å². The van der Waals surface area contributed by atoms with Crippen LogP contribution in [0.5, 0.6) is 46.0 Å². The van der Waals surface area contributed by atoms with Crippen molar-refractivity contribution < 1.29 is 73.2 Å². The molecule has 8 heterocycles. The van der Waals surface area contributed by atoms with Gasteiger partial charge >= 0.3 is 12.4 Å². The Balaban J connectivity index is 0.000000158. The lowest BCUT2D eigenvalue weighted by molar-refractivity contribution is -0.125. The number of methoxy groups -OCH3 is 6. The maximum absolute atomic E-state index is 12.8. The van der Waals surface area contributed by atoms with Crippen LogP contribution in [0.25, 0.3) is 89.2 Å². The molecule has 38 heteroatoms. The molecule has 0 bridgehead atoms. The molecule has 32 nitrogen and oxygen atoms in total. The number of aromatic nitrogens is 16. The minimum Gasteiger partial charge on any atom is -0.508 e. The number of fused-ring (bicyclic) bond motifs is 4. The Bertz CT molecular complexity index is 6810. The first-order valence-electron chi connectivity index (χ1n) is 44.9. The molecule has 0 amide bonds. The van der Waals surface area contributed by atoms with Crippen molar-refractivity contribution in [3.05, 3.63) is 220 Å². The van der Waals surface area contributed by atoms with Gasteiger partial charge in [-0.05, 0) is 92.7 Å². The highest BCUT2D eigenvalue weighted by Gasteiger charge is 2.30. The van der Waals surface area contributed by atoms with Gasteiger partial charge in [0, 0.05) is 245 Å². The molecule has 0 saturated heterocycles. The van der Waals surface area contributed by atoms with Gasteiger partial charge in [-0.1, -0.05) is 13.8 Å². The molecule has 133 heavy (non-hydrogen) atoms. The van der Waals surface area contributed by atoms with Crippen molar-refractivity contribution in [2.75, 3.05) is 121 Å².